The molecule has 0 aromatic heterocycles. The van der Waals surface area contributed by atoms with Crippen LogP contribution in [0.15, 0.2) is 36.4 Å². The second-order valence-corrected chi connectivity index (χ2v) is 13.3. The maximum Gasteiger partial charge on any atom is 0.219 e. The third kappa shape index (κ3) is 3.86. The van der Waals surface area contributed by atoms with Crippen LogP contribution in [0.25, 0.3) is 0 Å². The number of nitrogens with zero attached hydrogens (tertiary/aromatic N) is 1. The Morgan fingerprint density at radius 3 is 2.05 bits per heavy atom. The molecule has 1 amide bonds. The Morgan fingerprint density at radius 1 is 0.846 bits per heavy atom. The number of carbonyl (C=O) groups is 1. The van der Waals surface area contributed by atoms with Crippen LogP contribution in [0.5, 0.6) is 11.5 Å². The van der Waals surface area contributed by atoms with Crippen LogP contribution in [0.4, 0.5) is 0 Å². The number of rotatable bonds is 2. The summed E-state index contributed by atoms with van der Waals surface area (Å²) in [5, 5.41) is 3.64. The van der Waals surface area contributed by atoms with Gasteiger partial charge in [0.2, 0.25) is 5.91 Å². The first-order valence-corrected chi connectivity index (χ1v) is 15.3. The molecule has 2 aliphatic heterocycles. The van der Waals surface area contributed by atoms with Crippen LogP contribution in [0.1, 0.15) is 79.5 Å². The number of likely N-dealkylation sites (tertiary alicyclic amines) is 1. The first-order valence-electron chi connectivity index (χ1n) is 15.3. The van der Waals surface area contributed by atoms with Crippen LogP contribution in [-0.2, 0) is 17.6 Å². The minimum atomic E-state index is 0.248. The Labute approximate surface area is 233 Å². The highest BCUT2D eigenvalue weighted by Gasteiger charge is 2.57. The highest BCUT2D eigenvalue weighted by molar-refractivity contribution is 5.74. The molecular weight excluding hydrogens is 484 g/mol. The van der Waals surface area contributed by atoms with Crippen molar-refractivity contribution in [2.24, 2.45) is 22.7 Å². The number of aryl methyl sites for hydroxylation is 2. The molecule has 4 fully saturated rings. The van der Waals surface area contributed by atoms with Crippen molar-refractivity contribution in [2.45, 2.75) is 70.1 Å². The summed E-state index contributed by atoms with van der Waals surface area (Å²) in [5.74, 6) is 5.31. The smallest absolute Gasteiger partial charge is 0.219 e. The second kappa shape index (κ2) is 9.54. The molecule has 2 aromatic rings. The standard InChI is InChI=1S/C18H23NO2.C16H21NO/c1-12(20)19-10-14-3-6-17-16-5-4-15(21-2)9-13(16)7-8-18(14,17)11-19;1-18-13-3-4-14-11(8-13)6-7-16-10-17-9-12(16)2-5-15(14)16/h4-5,9,14,17H,3,6-8,10-11H2,1-2H3;3-4,8,12,15,17H,2,5-7,9-10H2,1H3. The molecule has 39 heavy (non-hydrogen) atoms. The summed E-state index contributed by atoms with van der Waals surface area (Å²) in [5.41, 5.74) is 7.09. The minimum Gasteiger partial charge on any atom is -0.497 e. The van der Waals surface area contributed by atoms with E-state index in [0.717, 1.165) is 42.8 Å². The number of hydrogen-bond donors (Lipinski definition) is 1. The Bertz CT molecular complexity index is 1280. The fourth-order valence-electron chi connectivity index (χ4n) is 10.1. The molecule has 2 saturated heterocycles. The van der Waals surface area contributed by atoms with Gasteiger partial charge in [0.15, 0.2) is 0 Å². The largest absolute Gasteiger partial charge is 0.497 e. The second-order valence-electron chi connectivity index (χ2n) is 13.3. The normalized spacial score (nSPS) is 35.0. The van der Waals surface area contributed by atoms with E-state index in [1.807, 2.05) is 0 Å². The van der Waals surface area contributed by atoms with Gasteiger partial charge in [-0.2, -0.15) is 0 Å². The average molecular weight is 529 g/mol. The molecule has 6 atom stereocenters. The van der Waals surface area contributed by atoms with Crippen molar-refractivity contribution in [3.05, 3.63) is 58.7 Å². The molecule has 8 rings (SSSR count). The highest BCUT2D eigenvalue weighted by Crippen LogP contribution is 2.62. The van der Waals surface area contributed by atoms with E-state index in [1.165, 1.54) is 74.7 Å². The molecular formula is C34H44N2O3. The molecule has 208 valence electrons. The van der Waals surface area contributed by atoms with Gasteiger partial charge in [-0.25, -0.2) is 0 Å². The molecule has 5 heteroatoms. The van der Waals surface area contributed by atoms with Crippen LogP contribution < -0.4 is 14.8 Å². The highest BCUT2D eigenvalue weighted by atomic mass is 16.5. The predicted molar refractivity (Wildman–Crippen MR) is 154 cm³/mol. The van der Waals surface area contributed by atoms with Crippen molar-refractivity contribution < 1.29 is 14.3 Å². The zero-order valence-corrected chi connectivity index (χ0v) is 23.9. The van der Waals surface area contributed by atoms with Crippen LogP contribution in [0.3, 0.4) is 0 Å². The van der Waals surface area contributed by atoms with Gasteiger partial charge in [-0.3, -0.25) is 4.79 Å². The Morgan fingerprint density at radius 2 is 1.44 bits per heavy atom. The lowest BCUT2D eigenvalue weighted by Crippen LogP contribution is -2.37. The van der Waals surface area contributed by atoms with Gasteiger partial charge in [-0.1, -0.05) is 12.1 Å². The van der Waals surface area contributed by atoms with Gasteiger partial charge in [-0.15, -0.1) is 0 Å². The Balaban J connectivity index is 0.000000131. The van der Waals surface area contributed by atoms with Gasteiger partial charge in [0.25, 0.3) is 0 Å². The van der Waals surface area contributed by atoms with E-state index in [0.29, 0.717) is 22.7 Å². The summed E-state index contributed by atoms with van der Waals surface area (Å²) >= 11 is 0. The van der Waals surface area contributed by atoms with Gasteiger partial charge < -0.3 is 19.7 Å². The maximum absolute atomic E-state index is 11.8. The summed E-state index contributed by atoms with van der Waals surface area (Å²) in [6.45, 7) is 6.17. The number of hydrogen-bond acceptors (Lipinski definition) is 4. The molecule has 2 aromatic carbocycles. The van der Waals surface area contributed by atoms with E-state index < -0.39 is 0 Å². The number of methoxy groups -OCH3 is 2. The van der Waals surface area contributed by atoms with Gasteiger partial charge >= 0.3 is 0 Å². The maximum atomic E-state index is 11.8. The molecule has 4 aliphatic carbocycles. The lowest BCUT2D eigenvalue weighted by molar-refractivity contribution is -0.128. The zero-order valence-electron chi connectivity index (χ0n) is 23.9. The number of carbonyl (C=O) groups excluding carboxylic acids is 1. The van der Waals surface area contributed by atoms with Gasteiger partial charge in [0, 0.05) is 26.6 Å². The van der Waals surface area contributed by atoms with E-state index in [2.05, 4.69) is 46.6 Å². The van der Waals surface area contributed by atoms with Gasteiger partial charge in [0.1, 0.15) is 11.5 Å². The third-order valence-corrected chi connectivity index (χ3v) is 12.0. The summed E-state index contributed by atoms with van der Waals surface area (Å²) < 4.78 is 10.7. The summed E-state index contributed by atoms with van der Waals surface area (Å²) in [7, 11) is 3.50. The molecule has 2 saturated carbocycles. The number of amides is 1. The van der Waals surface area contributed by atoms with Crippen molar-refractivity contribution in [3.8, 4) is 11.5 Å². The number of nitrogens with one attached hydrogen (secondary N) is 1. The third-order valence-electron chi connectivity index (χ3n) is 12.0. The topological polar surface area (TPSA) is 50.8 Å². The van der Waals surface area contributed by atoms with Crippen molar-refractivity contribution in [1.82, 2.24) is 10.2 Å². The molecule has 6 aliphatic rings. The molecule has 1 N–H and O–H groups in total. The van der Waals surface area contributed by atoms with Crippen LogP contribution in [0, 0.1) is 22.7 Å². The van der Waals surface area contributed by atoms with E-state index in [1.54, 1.807) is 26.7 Å². The van der Waals surface area contributed by atoms with Crippen LogP contribution in [-0.4, -0.2) is 51.2 Å². The van der Waals surface area contributed by atoms with E-state index in [-0.39, 0.29) is 5.91 Å². The van der Waals surface area contributed by atoms with E-state index in [4.69, 9.17) is 9.47 Å². The van der Waals surface area contributed by atoms with E-state index in [9.17, 15) is 4.79 Å². The van der Waals surface area contributed by atoms with E-state index >= 15 is 0 Å². The van der Waals surface area contributed by atoms with Gasteiger partial charge in [-0.05, 0) is 139 Å². The minimum absolute atomic E-state index is 0.248. The first kappa shape index (κ1) is 25.4. The zero-order chi connectivity index (χ0) is 26.8. The Kier molecular flexibility index (Phi) is 6.22. The van der Waals surface area contributed by atoms with Crippen molar-refractivity contribution in [2.75, 3.05) is 40.4 Å². The lowest BCUT2D eigenvalue weighted by atomic mass is 9.63. The summed E-state index contributed by atoms with van der Waals surface area (Å²) in [6.07, 6.45) is 10.3. The fraction of sp³-hybridized carbons (Fsp3) is 0.618. The molecule has 2 heterocycles. The van der Waals surface area contributed by atoms with Crippen molar-refractivity contribution in [1.29, 1.82) is 0 Å². The molecule has 2 spiro atoms. The Hall–Kier alpha value is -2.53. The predicted octanol–water partition coefficient (Wildman–Crippen LogP) is 5.71. The lowest BCUT2D eigenvalue weighted by Gasteiger charge is -2.41. The van der Waals surface area contributed by atoms with Gasteiger partial charge in [0.05, 0.1) is 14.2 Å². The average Bonchev–Trinajstić information content (AvgIpc) is 3.70. The van der Waals surface area contributed by atoms with Crippen molar-refractivity contribution >= 4 is 5.91 Å². The molecule has 0 radical (unpaired) electrons. The van der Waals surface area contributed by atoms with Crippen LogP contribution in [0.2, 0.25) is 0 Å². The molecule has 5 nitrogen and oxygen atoms in total. The number of benzene rings is 2. The van der Waals surface area contributed by atoms with Crippen LogP contribution >= 0.6 is 0 Å². The first-order chi connectivity index (χ1) is 19.0. The number of fused-ring (bicyclic) bond motifs is 4. The molecule has 0 bridgehead atoms. The monoisotopic (exact) mass is 528 g/mol. The molecule has 6 unspecified atom stereocenters. The quantitative estimate of drug-likeness (QED) is 0.543. The SMILES string of the molecule is COc1ccc2c(c1)CCC13CN(C(C)=O)CC1CCC23.COc1ccc2c(c1)CCC13CNCC1CCC23. The summed E-state index contributed by atoms with van der Waals surface area (Å²) in [6, 6.07) is 13.3. The summed E-state index contributed by atoms with van der Waals surface area (Å²) in [4.78, 5) is 13.9. The van der Waals surface area contributed by atoms with Crippen molar-refractivity contribution in [3.63, 3.8) is 0 Å². The number of ether oxygens (including phenoxy) is 2. The fourth-order valence-corrected chi connectivity index (χ4v) is 10.1.